The van der Waals surface area contributed by atoms with E-state index in [9.17, 15) is 12.8 Å². The summed E-state index contributed by atoms with van der Waals surface area (Å²) in [5, 5.41) is 9.54. The minimum atomic E-state index is -3.97. The van der Waals surface area contributed by atoms with Crippen molar-refractivity contribution in [2.45, 2.75) is 9.79 Å². The number of nitrogens with zero attached hydrogens (tertiary/aromatic N) is 3. The van der Waals surface area contributed by atoms with Crippen molar-refractivity contribution in [2.24, 2.45) is 0 Å². The van der Waals surface area contributed by atoms with E-state index in [1.54, 1.807) is 0 Å². The van der Waals surface area contributed by atoms with Crippen molar-refractivity contribution in [3.8, 4) is 6.07 Å². The molecule has 0 unspecified atom stereocenters. The molecule has 0 N–H and O–H groups in total. The zero-order valence-electron chi connectivity index (χ0n) is 14.8. The summed E-state index contributed by atoms with van der Waals surface area (Å²) in [6.45, 7) is 1.86. The maximum Gasteiger partial charge on any atom is 0.210 e. The smallest absolute Gasteiger partial charge is 0.210 e. The number of aromatic nitrogens is 1. The van der Waals surface area contributed by atoms with Gasteiger partial charge in [-0.3, -0.25) is 4.98 Å². The first-order chi connectivity index (χ1) is 13.5. The molecule has 2 aromatic carbocycles. The van der Waals surface area contributed by atoms with Crippen molar-refractivity contribution in [3.63, 3.8) is 0 Å². The highest BCUT2D eigenvalue weighted by atomic mass is 32.2. The number of halogens is 1. The van der Waals surface area contributed by atoms with Crippen LogP contribution in [0.3, 0.4) is 0 Å². The summed E-state index contributed by atoms with van der Waals surface area (Å²) < 4.78 is 46.1. The number of anilines is 1. The third-order valence-corrected chi connectivity index (χ3v) is 6.41. The second-order valence-corrected chi connectivity index (χ2v) is 8.29. The van der Waals surface area contributed by atoms with Crippen LogP contribution in [0.2, 0.25) is 0 Å². The summed E-state index contributed by atoms with van der Waals surface area (Å²) in [4.78, 5) is 6.11. The largest absolute Gasteiger partial charge is 0.378 e. The van der Waals surface area contributed by atoms with E-state index in [2.05, 4.69) is 4.98 Å². The predicted molar refractivity (Wildman–Crippen MR) is 101 cm³/mol. The van der Waals surface area contributed by atoms with Crippen LogP contribution >= 0.6 is 0 Å². The van der Waals surface area contributed by atoms with E-state index < -0.39 is 15.7 Å². The highest BCUT2D eigenvalue weighted by Crippen LogP contribution is 2.36. The predicted octanol–water partition coefficient (Wildman–Crippen LogP) is 2.91. The number of ether oxygens (including phenoxy) is 1. The van der Waals surface area contributed by atoms with Gasteiger partial charge in [0.2, 0.25) is 9.84 Å². The van der Waals surface area contributed by atoms with Crippen LogP contribution in [-0.2, 0) is 14.6 Å². The van der Waals surface area contributed by atoms with E-state index in [-0.39, 0.29) is 15.4 Å². The molecule has 0 radical (unpaired) electrons. The first kappa shape index (κ1) is 18.3. The highest BCUT2D eigenvalue weighted by molar-refractivity contribution is 7.91. The lowest BCUT2D eigenvalue weighted by molar-refractivity contribution is 0.122. The maximum absolute atomic E-state index is 14.0. The Morgan fingerprint density at radius 3 is 2.68 bits per heavy atom. The molecule has 0 bridgehead atoms. The third kappa shape index (κ3) is 3.19. The average Bonchev–Trinajstić information content (AvgIpc) is 2.73. The van der Waals surface area contributed by atoms with Gasteiger partial charge in [-0.25, -0.2) is 12.8 Å². The molecular weight excluding hydrogens is 381 g/mol. The Morgan fingerprint density at radius 2 is 1.93 bits per heavy atom. The van der Waals surface area contributed by atoms with Gasteiger partial charge >= 0.3 is 0 Å². The highest BCUT2D eigenvalue weighted by Gasteiger charge is 2.28. The van der Waals surface area contributed by atoms with Gasteiger partial charge in [-0.05, 0) is 36.4 Å². The standard InChI is InChI=1S/C20H16FN3O3S/c21-15-4-5-18-17(11-15)20(24-6-8-27-9-7-24)19(13-23-18)28(25,26)16-3-1-2-14(10-16)12-22/h1-5,10-11,13H,6-9H2. The van der Waals surface area contributed by atoms with E-state index in [1.807, 2.05) is 11.0 Å². The molecule has 1 aromatic heterocycles. The molecule has 2 heterocycles. The van der Waals surface area contributed by atoms with Gasteiger partial charge in [-0.1, -0.05) is 6.07 Å². The maximum atomic E-state index is 14.0. The van der Waals surface area contributed by atoms with Crippen LogP contribution in [0.15, 0.2) is 58.5 Å². The van der Waals surface area contributed by atoms with Crippen molar-refractivity contribution >= 4 is 26.4 Å². The Kier molecular flexibility index (Phi) is 4.71. The summed E-state index contributed by atoms with van der Waals surface area (Å²) in [6.07, 6.45) is 1.30. The number of fused-ring (bicyclic) bond motifs is 1. The summed E-state index contributed by atoms with van der Waals surface area (Å²) in [6, 6.07) is 11.9. The van der Waals surface area contributed by atoms with Gasteiger partial charge in [0.25, 0.3) is 0 Å². The number of hydrogen-bond donors (Lipinski definition) is 0. The minimum Gasteiger partial charge on any atom is -0.378 e. The van der Waals surface area contributed by atoms with Gasteiger partial charge in [-0.2, -0.15) is 5.26 Å². The monoisotopic (exact) mass is 397 g/mol. The topological polar surface area (TPSA) is 83.3 Å². The van der Waals surface area contributed by atoms with Crippen LogP contribution in [0.25, 0.3) is 10.9 Å². The number of morpholine rings is 1. The molecule has 28 heavy (non-hydrogen) atoms. The first-order valence-electron chi connectivity index (χ1n) is 8.67. The fraction of sp³-hybridized carbons (Fsp3) is 0.200. The molecule has 1 fully saturated rings. The average molecular weight is 397 g/mol. The molecule has 0 spiro atoms. The molecule has 0 saturated carbocycles. The molecular formula is C20H16FN3O3S. The molecule has 3 aromatic rings. The Hall–Kier alpha value is -3.02. The first-order valence-corrected chi connectivity index (χ1v) is 10.2. The Balaban J connectivity index is 1.99. The quantitative estimate of drug-likeness (QED) is 0.676. The zero-order valence-corrected chi connectivity index (χ0v) is 15.6. The van der Waals surface area contributed by atoms with Gasteiger partial charge < -0.3 is 9.64 Å². The molecule has 1 aliphatic rings. The molecule has 6 nitrogen and oxygen atoms in total. The zero-order chi connectivity index (χ0) is 19.7. The fourth-order valence-electron chi connectivity index (χ4n) is 3.30. The lowest BCUT2D eigenvalue weighted by Crippen LogP contribution is -2.37. The third-order valence-electron chi connectivity index (χ3n) is 4.66. The second kappa shape index (κ2) is 7.19. The molecule has 0 atom stereocenters. The molecule has 0 aliphatic carbocycles. The Bertz CT molecular complexity index is 1200. The second-order valence-electron chi connectivity index (χ2n) is 6.38. The van der Waals surface area contributed by atoms with E-state index in [0.717, 1.165) is 0 Å². The van der Waals surface area contributed by atoms with E-state index >= 15 is 0 Å². The van der Waals surface area contributed by atoms with Gasteiger partial charge in [0.1, 0.15) is 10.7 Å². The Labute approximate surface area is 161 Å². The van der Waals surface area contributed by atoms with Crippen molar-refractivity contribution in [1.29, 1.82) is 5.26 Å². The van der Waals surface area contributed by atoms with Crippen LogP contribution in [-0.4, -0.2) is 39.7 Å². The number of nitriles is 1. The molecule has 4 rings (SSSR count). The van der Waals surface area contributed by atoms with E-state index in [4.69, 9.17) is 10.00 Å². The number of pyridine rings is 1. The van der Waals surface area contributed by atoms with Crippen LogP contribution in [0, 0.1) is 17.1 Å². The molecule has 1 saturated heterocycles. The SMILES string of the molecule is N#Cc1cccc(S(=O)(=O)c2cnc3ccc(F)cc3c2N2CCOCC2)c1. The van der Waals surface area contributed by atoms with Gasteiger partial charge in [0.05, 0.1) is 40.9 Å². The number of hydrogen-bond acceptors (Lipinski definition) is 6. The van der Waals surface area contributed by atoms with Gasteiger partial charge in [0.15, 0.2) is 0 Å². The van der Waals surface area contributed by atoms with Crippen molar-refractivity contribution < 1.29 is 17.5 Å². The van der Waals surface area contributed by atoms with Crippen molar-refractivity contribution in [1.82, 2.24) is 4.98 Å². The van der Waals surface area contributed by atoms with Crippen LogP contribution in [0.1, 0.15) is 5.56 Å². The van der Waals surface area contributed by atoms with Crippen molar-refractivity contribution in [2.75, 3.05) is 31.2 Å². The summed E-state index contributed by atoms with van der Waals surface area (Å²) >= 11 is 0. The van der Waals surface area contributed by atoms with E-state index in [0.29, 0.717) is 42.9 Å². The molecule has 142 valence electrons. The van der Waals surface area contributed by atoms with Gasteiger partial charge in [0, 0.05) is 24.7 Å². The normalized spacial score (nSPS) is 14.8. The lowest BCUT2D eigenvalue weighted by atomic mass is 10.1. The fourth-order valence-corrected chi connectivity index (χ4v) is 4.78. The summed E-state index contributed by atoms with van der Waals surface area (Å²) in [7, 11) is -3.97. The number of benzene rings is 2. The summed E-state index contributed by atoms with van der Waals surface area (Å²) in [5.41, 5.74) is 1.16. The van der Waals surface area contributed by atoms with Crippen LogP contribution in [0.5, 0.6) is 0 Å². The minimum absolute atomic E-state index is 0.00128. The van der Waals surface area contributed by atoms with Crippen molar-refractivity contribution in [3.05, 3.63) is 60.0 Å². The van der Waals surface area contributed by atoms with Crippen LogP contribution in [0.4, 0.5) is 10.1 Å². The lowest BCUT2D eigenvalue weighted by Gasteiger charge is -2.31. The van der Waals surface area contributed by atoms with E-state index in [1.165, 1.54) is 48.7 Å². The molecule has 0 amide bonds. The van der Waals surface area contributed by atoms with Crippen LogP contribution < -0.4 is 4.90 Å². The Morgan fingerprint density at radius 1 is 1.14 bits per heavy atom. The number of rotatable bonds is 3. The molecule has 1 aliphatic heterocycles. The molecule has 8 heteroatoms. The van der Waals surface area contributed by atoms with Gasteiger partial charge in [-0.15, -0.1) is 0 Å². The number of sulfone groups is 1. The summed E-state index contributed by atoms with van der Waals surface area (Å²) in [5.74, 6) is -0.468.